The highest BCUT2D eigenvalue weighted by Crippen LogP contribution is 2.09. The molecule has 2 rings (SSSR count). The molecule has 6 heteroatoms. The molecule has 132 valence electrons. The molecular formula is C19H23N3O3. The summed E-state index contributed by atoms with van der Waals surface area (Å²) in [7, 11) is 1.64. The summed E-state index contributed by atoms with van der Waals surface area (Å²) in [4.78, 5) is 23.7. The molecule has 0 aliphatic rings. The maximum absolute atomic E-state index is 11.8. The van der Waals surface area contributed by atoms with Gasteiger partial charge in [-0.25, -0.2) is 4.79 Å². The predicted molar refractivity (Wildman–Crippen MR) is 96.2 cm³/mol. The lowest BCUT2D eigenvalue weighted by Crippen LogP contribution is -2.40. The third-order valence-corrected chi connectivity index (χ3v) is 3.59. The Morgan fingerprint density at radius 3 is 2.20 bits per heavy atom. The van der Waals surface area contributed by atoms with Gasteiger partial charge in [0.25, 0.3) is 5.91 Å². The molecule has 0 spiro atoms. The average Bonchev–Trinajstić information content (AvgIpc) is 2.65. The van der Waals surface area contributed by atoms with Crippen molar-refractivity contribution in [2.45, 2.75) is 13.2 Å². The van der Waals surface area contributed by atoms with E-state index in [1.54, 1.807) is 19.2 Å². The van der Waals surface area contributed by atoms with Crippen LogP contribution in [-0.2, 0) is 17.9 Å². The van der Waals surface area contributed by atoms with Crippen molar-refractivity contribution in [2.75, 3.05) is 20.2 Å². The Morgan fingerprint density at radius 1 is 0.840 bits per heavy atom. The third kappa shape index (κ3) is 6.27. The van der Waals surface area contributed by atoms with Gasteiger partial charge in [-0.15, -0.1) is 0 Å². The van der Waals surface area contributed by atoms with Crippen molar-refractivity contribution in [3.8, 4) is 0 Å². The van der Waals surface area contributed by atoms with Crippen molar-refractivity contribution in [3.63, 3.8) is 0 Å². The van der Waals surface area contributed by atoms with Crippen molar-refractivity contribution in [1.82, 2.24) is 16.0 Å². The molecule has 0 unspecified atom stereocenters. The van der Waals surface area contributed by atoms with Crippen LogP contribution >= 0.6 is 0 Å². The first kappa shape index (κ1) is 18.5. The maximum Gasteiger partial charge on any atom is 0.315 e. The fourth-order valence-corrected chi connectivity index (χ4v) is 2.31. The minimum Gasteiger partial charge on any atom is -0.380 e. The zero-order chi connectivity index (χ0) is 17.9. The summed E-state index contributed by atoms with van der Waals surface area (Å²) in [5.74, 6) is -0.156. The molecule has 6 nitrogen and oxygen atoms in total. The summed E-state index contributed by atoms with van der Waals surface area (Å²) in [5.41, 5.74) is 2.65. The molecule has 0 aliphatic heterocycles. The lowest BCUT2D eigenvalue weighted by molar-refractivity contribution is 0.0954. The first-order valence-corrected chi connectivity index (χ1v) is 8.11. The molecule has 0 aromatic heterocycles. The minimum atomic E-state index is -0.277. The molecular weight excluding hydrogens is 318 g/mol. The lowest BCUT2D eigenvalue weighted by atomic mass is 10.1. The smallest absolute Gasteiger partial charge is 0.315 e. The van der Waals surface area contributed by atoms with Crippen LogP contribution in [0.25, 0.3) is 0 Å². The van der Waals surface area contributed by atoms with Crippen LogP contribution in [0.15, 0.2) is 54.6 Å². The summed E-state index contributed by atoms with van der Waals surface area (Å²) in [6.45, 7) is 1.64. The van der Waals surface area contributed by atoms with Crippen LogP contribution in [0, 0.1) is 0 Å². The van der Waals surface area contributed by atoms with Gasteiger partial charge in [0.15, 0.2) is 0 Å². The quantitative estimate of drug-likeness (QED) is 0.643. The fourth-order valence-electron chi connectivity index (χ4n) is 2.31. The Bertz CT molecular complexity index is 689. The molecule has 0 saturated heterocycles. The van der Waals surface area contributed by atoms with E-state index in [9.17, 15) is 9.59 Å². The van der Waals surface area contributed by atoms with Crippen LogP contribution in [0.5, 0.6) is 0 Å². The molecule has 0 bridgehead atoms. The number of nitrogens with one attached hydrogen (secondary N) is 3. The van der Waals surface area contributed by atoms with Crippen LogP contribution in [0.1, 0.15) is 21.5 Å². The van der Waals surface area contributed by atoms with Crippen LogP contribution in [0.3, 0.4) is 0 Å². The van der Waals surface area contributed by atoms with Gasteiger partial charge in [0, 0.05) is 32.3 Å². The standard InChI is InChI=1S/C19H23N3O3/c1-25-14-17-10-6-5-9-16(17)13-22-19(24)21-12-11-20-18(23)15-7-3-2-4-8-15/h2-10H,11-14H2,1H3,(H,20,23)(H2,21,22,24). The second-order valence-electron chi connectivity index (χ2n) is 5.43. The lowest BCUT2D eigenvalue weighted by Gasteiger charge is -2.11. The second-order valence-corrected chi connectivity index (χ2v) is 5.43. The number of ether oxygens (including phenoxy) is 1. The van der Waals surface area contributed by atoms with E-state index in [0.29, 0.717) is 31.8 Å². The van der Waals surface area contributed by atoms with E-state index < -0.39 is 0 Å². The normalized spacial score (nSPS) is 10.1. The van der Waals surface area contributed by atoms with E-state index in [4.69, 9.17) is 4.74 Å². The van der Waals surface area contributed by atoms with E-state index in [1.807, 2.05) is 42.5 Å². The monoisotopic (exact) mass is 341 g/mol. The van der Waals surface area contributed by atoms with Crippen molar-refractivity contribution in [2.24, 2.45) is 0 Å². The van der Waals surface area contributed by atoms with Gasteiger partial charge in [0.05, 0.1) is 6.61 Å². The molecule has 0 heterocycles. The summed E-state index contributed by atoms with van der Waals surface area (Å²) in [6, 6.07) is 16.5. The van der Waals surface area contributed by atoms with Gasteiger partial charge < -0.3 is 20.7 Å². The molecule has 25 heavy (non-hydrogen) atoms. The van der Waals surface area contributed by atoms with Crippen LogP contribution < -0.4 is 16.0 Å². The Labute approximate surface area is 147 Å². The van der Waals surface area contributed by atoms with Gasteiger partial charge in [-0.05, 0) is 23.3 Å². The van der Waals surface area contributed by atoms with Crippen LogP contribution in [0.4, 0.5) is 4.79 Å². The van der Waals surface area contributed by atoms with Crippen molar-refractivity contribution in [1.29, 1.82) is 0 Å². The average molecular weight is 341 g/mol. The minimum absolute atomic E-state index is 0.156. The van der Waals surface area contributed by atoms with Crippen molar-refractivity contribution in [3.05, 3.63) is 71.3 Å². The molecule has 0 saturated carbocycles. The Balaban J connectivity index is 1.67. The number of rotatable bonds is 8. The zero-order valence-electron chi connectivity index (χ0n) is 14.2. The van der Waals surface area contributed by atoms with Gasteiger partial charge in [-0.1, -0.05) is 42.5 Å². The number of carbonyl (C=O) groups is 2. The number of methoxy groups -OCH3 is 1. The molecule has 2 aromatic rings. The molecule has 0 aliphatic carbocycles. The Hall–Kier alpha value is -2.86. The van der Waals surface area contributed by atoms with Crippen LogP contribution in [0.2, 0.25) is 0 Å². The van der Waals surface area contributed by atoms with Gasteiger partial charge in [0.1, 0.15) is 0 Å². The van der Waals surface area contributed by atoms with Gasteiger partial charge in [-0.2, -0.15) is 0 Å². The van der Waals surface area contributed by atoms with Gasteiger partial charge in [0.2, 0.25) is 0 Å². The number of hydrogen-bond donors (Lipinski definition) is 3. The SMILES string of the molecule is COCc1ccccc1CNC(=O)NCCNC(=O)c1ccccc1. The second kappa shape index (κ2) is 10.1. The molecule has 0 fully saturated rings. The number of amides is 3. The number of carbonyl (C=O) groups excluding carboxylic acids is 2. The maximum atomic E-state index is 11.8. The molecule has 2 aromatic carbocycles. The van der Waals surface area contributed by atoms with Crippen LogP contribution in [-0.4, -0.2) is 32.1 Å². The Kier molecular flexibility index (Phi) is 7.46. The Morgan fingerprint density at radius 2 is 1.48 bits per heavy atom. The number of hydrogen-bond acceptors (Lipinski definition) is 3. The molecule has 3 N–H and O–H groups in total. The van der Waals surface area contributed by atoms with Gasteiger partial charge in [-0.3, -0.25) is 4.79 Å². The summed E-state index contributed by atoms with van der Waals surface area (Å²) in [6.07, 6.45) is 0. The predicted octanol–water partition coefficient (Wildman–Crippen LogP) is 2.06. The summed E-state index contributed by atoms with van der Waals surface area (Å²) >= 11 is 0. The summed E-state index contributed by atoms with van der Waals surface area (Å²) in [5, 5.41) is 8.27. The van der Waals surface area contributed by atoms with Crippen molar-refractivity contribution >= 4 is 11.9 Å². The first-order valence-electron chi connectivity index (χ1n) is 8.11. The zero-order valence-corrected chi connectivity index (χ0v) is 14.2. The molecule has 3 amide bonds. The highest BCUT2D eigenvalue weighted by Gasteiger charge is 2.05. The fraction of sp³-hybridized carbons (Fsp3) is 0.263. The van der Waals surface area contributed by atoms with E-state index in [1.165, 1.54) is 0 Å². The highest BCUT2D eigenvalue weighted by atomic mass is 16.5. The number of urea groups is 1. The molecule has 0 atom stereocenters. The van der Waals surface area contributed by atoms with E-state index in [-0.39, 0.29) is 11.9 Å². The van der Waals surface area contributed by atoms with Crippen molar-refractivity contribution < 1.29 is 14.3 Å². The largest absolute Gasteiger partial charge is 0.380 e. The number of benzene rings is 2. The van der Waals surface area contributed by atoms with E-state index >= 15 is 0 Å². The summed E-state index contributed by atoms with van der Waals surface area (Å²) < 4.78 is 5.15. The van der Waals surface area contributed by atoms with Gasteiger partial charge >= 0.3 is 6.03 Å². The van der Waals surface area contributed by atoms with E-state index in [2.05, 4.69) is 16.0 Å². The van der Waals surface area contributed by atoms with E-state index in [0.717, 1.165) is 11.1 Å². The third-order valence-electron chi connectivity index (χ3n) is 3.59. The first-order chi connectivity index (χ1) is 12.2. The highest BCUT2D eigenvalue weighted by molar-refractivity contribution is 5.94. The molecule has 0 radical (unpaired) electrons. The topological polar surface area (TPSA) is 79.5 Å².